The van der Waals surface area contributed by atoms with Gasteiger partial charge in [-0.25, -0.2) is 0 Å². The van der Waals surface area contributed by atoms with Gasteiger partial charge in [0.15, 0.2) is 12.1 Å². The van der Waals surface area contributed by atoms with E-state index in [-0.39, 0.29) is 45.0 Å². The number of nitrogens with zero attached hydrogens (tertiary/aromatic N) is 1. The highest BCUT2D eigenvalue weighted by molar-refractivity contribution is 5.77. The quantitative estimate of drug-likeness (QED) is 0.0289. The molecule has 0 radical (unpaired) electrons. The first-order chi connectivity index (χ1) is 35.1. The molecule has 6 atom stereocenters. The van der Waals surface area contributed by atoms with E-state index >= 15 is 0 Å². The zero-order valence-corrected chi connectivity index (χ0v) is 45.8. The number of rotatable bonds is 46. The molecule has 3 unspecified atom stereocenters. The van der Waals surface area contributed by atoms with Gasteiger partial charge >= 0.3 is 0 Å². The molecular formula is C58H105N3O11. The van der Waals surface area contributed by atoms with Crippen LogP contribution in [-0.4, -0.2) is 148 Å². The minimum Gasteiger partial charge on any atom is -0.396 e. The summed E-state index contributed by atoms with van der Waals surface area (Å²) in [5.74, 6) is -1.75. The van der Waals surface area contributed by atoms with E-state index in [2.05, 4.69) is 73.1 Å². The van der Waals surface area contributed by atoms with Crippen LogP contribution in [0.2, 0.25) is 0 Å². The molecule has 0 bridgehead atoms. The summed E-state index contributed by atoms with van der Waals surface area (Å²) in [6.45, 7) is 8.40. The smallest absolute Gasteiger partial charge is 0.234 e. The molecule has 14 nitrogen and oxygen atoms in total. The molecule has 14 heteroatoms. The fourth-order valence-corrected chi connectivity index (χ4v) is 9.15. The van der Waals surface area contributed by atoms with E-state index in [1.54, 1.807) is 0 Å². The number of allylic oxidation sites excluding steroid dienone is 8. The molecule has 0 aromatic rings. The van der Waals surface area contributed by atoms with Crippen molar-refractivity contribution >= 4 is 11.8 Å². The molecule has 2 amide bonds. The first kappa shape index (κ1) is 65.6. The normalized spacial score (nSPS) is 21.6. The van der Waals surface area contributed by atoms with Crippen molar-refractivity contribution in [1.82, 2.24) is 15.5 Å². The summed E-state index contributed by atoms with van der Waals surface area (Å²) in [7, 11) is 1.95. The van der Waals surface area contributed by atoms with E-state index in [9.17, 15) is 24.9 Å². The van der Waals surface area contributed by atoms with Crippen LogP contribution in [0.3, 0.4) is 0 Å². The van der Waals surface area contributed by atoms with Crippen LogP contribution in [0.1, 0.15) is 188 Å². The van der Waals surface area contributed by atoms with Crippen LogP contribution in [0, 0.1) is 5.92 Å². The maximum Gasteiger partial charge on any atom is 0.234 e. The molecule has 418 valence electrons. The van der Waals surface area contributed by atoms with Gasteiger partial charge in [-0.2, -0.15) is 0 Å². The molecule has 2 aliphatic rings. The number of hydrogen-bond acceptors (Lipinski definition) is 12. The van der Waals surface area contributed by atoms with Crippen LogP contribution in [0.15, 0.2) is 48.6 Å². The van der Waals surface area contributed by atoms with Crippen molar-refractivity contribution in [3.63, 3.8) is 0 Å². The van der Waals surface area contributed by atoms with E-state index in [1.165, 1.54) is 135 Å². The predicted octanol–water partition coefficient (Wildman–Crippen LogP) is 9.79. The number of carbonyl (C=O) groups is 2. The second kappa shape index (κ2) is 44.8. The third-order valence-electron chi connectivity index (χ3n) is 13.4. The summed E-state index contributed by atoms with van der Waals surface area (Å²) in [4.78, 5) is 26.5. The number of nitrogens with one attached hydrogen (secondary N) is 2. The van der Waals surface area contributed by atoms with Gasteiger partial charge in [-0.1, -0.05) is 140 Å². The summed E-state index contributed by atoms with van der Waals surface area (Å²) in [5, 5.41) is 36.0. The standard InChI is InChI=1S/C58H105N3O11/c1-5-7-9-11-13-15-17-19-21-23-25-27-29-31-33-35-37-58(38-36-34-32-30-28-26-24-22-20-18-16-14-12-10-8-6-2)71-49-52(72-58)45-61(4)46-53(64)59-39-40-67-41-42-68-43-44-69-57-54(60-50(3)63)56(66)55(65)51(47-62)48-70-57/h13-16,19-22,51-52,54-57,62,65-66H,5-12,17-18,23-49H2,1-4H3,(H,59,64)(H,60,63)/b15-13-,16-14-,21-19-,22-20-/t51?,52-,54?,55-,56?,57+/m0/s1. The Balaban J connectivity index is 1.66. The SMILES string of the molecule is CCCCC/C=C\C/C=C\CCCCCCCCC1(CCCCCCCC/C=C\C/C=C\CCCCC)OC[C@H](CN(C)CC(=O)NCCOCCOCCO[C@@H]2OCC(CO)[C@H](O)C(O)C2NC(C)=O)O1. The minimum atomic E-state index is -1.38. The zero-order valence-electron chi connectivity index (χ0n) is 45.8. The highest BCUT2D eigenvalue weighted by atomic mass is 16.7. The Bertz CT molecular complexity index is 1380. The van der Waals surface area contributed by atoms with Gasteiger partial charge in [-0.15, -0.1) is 0 Å². The molecule has 2 heterocycles. The number of unbranched alkanes of at least 4 members (excludes halogenated alkanes) is 18. The molecule has 0 spiro atoms. The van der Waals surface area contributed by atoms with Gasteiger partial charge in [-0.05, 0) is 84.1 Å². The molecule has 5 N–H and O–H groups in total. The molecule has 72 heavy (non-hydrogen) atoms. The molecule has 0 saturated carbocycles. The van der Waals surface area contributed by atoms with E-state index in [1.807, 2.05) is 11.9 Å². The summed E-state index contributed by atoms with van der Waals surface area (Å²) in [6.07, 6.45) is 46.0. The summed E-state index contributed by atoms with van der Waals surface area (Å²) >= 11 is 0. The monoisotopic (exact) mass is 1020 g/mol. The van der Waals surface area contributed by atoms with Crippen molar-refractivity contribution in [2.24, 2.45) is 5.92 Å². The lowest BCUT2D eigenvalue weighted by Crippen LogP contribution is -2.55. The minimum absolute atomic E-state index is 0.0450. The Morgan fingerprint density at radius 2 is 1.15 bits per heavy atom. The number of amides is 2. The van der Waals surface area contributed by atoms with Gasteiger partial charge in [0.1, 0.15) is 12.1 Å². The van der Waals surface area contributed by atoms with Gasteiger partial charge in [0.2, 0.25) is 11.8 Å². The molecule has 2 saturated heterocycles. The average molecular weight is 1020 g/mol. The number of aliphatic hydroxyl groups excluding tert-OH is 3. The Morgan fingerprint density at radius 1 is 0.653 bits per heavy atom. The molecule has 2 fully saturated rings. The number of aliphatic hydroxyl groups is 3. The lowest BCUT2D eigenvalue weighted by Gasteiger charge is -2.30. The molecule has 0 aliphatic carbocycles. The topological polar surface area (TPSA) is 178 Å². The van der Waals surface area contributed by atoms with Crippen molar-refractivity contribution in [3.05, 3.63) is 48.6 Å². The van der Waals surface area contributed by atoms with Gasteiger partial charge in [0.25, 0.3) is 0 Å². The van der Waals surface area contributed by atoms with Crippen LogP contribution < -0.4 is 10.6 Å². The Labute approximate surface area is 437 Å². The van der Waals surface area contributed by atoms with Crippen LogP contribution in [-0.2, 0) is 38.0 Å². The maximum absolute atomic E-state index is 12.8. The lowest BCUT2D eigenvalue weighted by molar-refractivity contribution is -0.180. The first-order valence-corrected chi connectivity index (χ1v) is 28.6. The predicted molar refractivity (Wildman–Crippen MR) is 290 cm³/mol. The average Bonchev–Trinajstić information content (AvgIpc) is 3.72. The van der Waals surface area contributed by atoms with Crippen molar-refractivity contribution in [2.45, 2.75) is 224 Å². The van der Waals surface area contributed by atoms with Gasteiger partial charge in [0, 0.05) is 38.8 Å². The fraction of sp³-hybridized carbons (Fsp3) is 0.828. The molecule has 0 aromatic heterocycles. The largest absolute Gasteiger partial charge is 0.396 e. The molecule has 2 aliphatic heterocycles. The molecule has 2 rings (SSSR count). The second-order valence-corrected chi connectivity index (χ2v) is 20.1. The highest BCUT2D eigenvalue weighted by Gasteiger charge is 2.42. The van der Waals surface area contributed by atoms with E-state index in [0.717, 1.165) is 38.5 Å². The van der Waals surface area contributed by atoms with E-state index < -0.39 is 42.2 Å². The third-order valence-corrected chi connectivity index (χ3v) is 13.4. The lowest BCUT2D eigenvalue weighted by atomic mass is 9.96. The Kier molecular flexibility index (Phi) is 40.8. The molecule has 0 aromatic carbocycles. The summed E-state index contributed by atoms with van der Waals surface area (Å²) in [5.41, 5.74) is 0. The second-order valence-electron chi connectivity index (χ2n) is 20.1. The van der Waals surface area contributed by atoms with E-state index in [4.69, 9.17) is 28.4 Å². The van der Waals surface area contributed by atoms with Crippen molar-refractivity contribution < 1.29 is 53.3 Å². The first-order valence-electron chi connectivity index (χ1n) is 28.6. The number of carbonyl (C=O) groups excluding carboxylic acids is 2. The van der Waals surface area contributed by atoms with Crippen LogP contribution >= 0.6 is 0 Å². The molecular weight excluding hydrogens is 915 g/mol. The van der Waals surface area contributed by atoms with Gasteiger partial charge < -0.3 is 54.4 Å². The van der Waals surface area contributed by atoms with Crippen LogP contribution in [0.5, 0.6) is 0 Å². The van der Waals surface area contributed by atoms with Crippen molar-refractivity contribution in [1.29, 1.82) is 0 Å². The third kappa shape index (κ3) is 33.4. The van der Waals surface area contributed by atoms with Crippen molar-refractivity contribution in [2.75, 3.05) is 79.5 Å². The highest BCUT2D eigenvalue weighted by Crippen LogP contribution is 2.35. The van der Waals surface area contributed by atoms with Crippen LogP contribution in [0.4, 0.5) is 0 Å². The summed E-state index contributed by atoms with van der Waals surface area (Å²) < 4.78 is 35.9. The van der Waals surface area contributed by atoms with Gasteiger partial charge in [0.05, 0.1) is 71.6 Å². The maximum atomic E-state index is 12.8. The van der Waals surface area contributed by atoms with Crippen LogP contribution in [0.25, 0.3) is 0 Å². The Morgan fingerprint density at radius 3 is 1.68 bits per heavy atom. The van der Waals surface area contributed by atoms with Crippen molar-refractivity contribution in [3.8, 4) is 0 Å². The van der Waals surface area contributed by atoms with E-state index in [0.29, 0.717) is 39.5 Å². The number of likely N-dealkylation sites (N-methyl/N-ethyl adjacent to an activating group) is 1. The number of ether oxygens (including phenoxy) is 6. The number of hydrogen-bond donors (Lipinski definition) is 5. The Hall–Kier alpha value is -2.50. The van der Waals surface area contributed by atoms with Gasteiger partial charge in [-0.3, -0.25) is 14.5 Å². The fourth-order valence-electron chi connectivity index (χ4n) is 9.15. The summed E-state index contributed by atoms with van der Waals surface area (Å²) in [6, 6.07) is -1.02. The zero-order chi connectivity index (χ0) is 52.2.